The number of ether oxygens (including phenoxy) is 1. The van der Waals surface area contributed by atoms with E-state index in [1.54, 1.807) is 22.8 Å². The number of halogens is 3. The summed E-state index contributed by atoms with van der Waals surface area (Å²) in [4.78, 5) is 27.0. The van der Waals surface area contributed by atoms with Gasteiger partial charge in [0.2, 0.25) is 0 Å². The number of alkyl halides is 3. The molecular formula is C28H31F3N4O5S. The van der Waals surface area contributed by atoms with Crippen LogP contribution in [-0.4, -0.2) is 38.2 Å². The maximum atomic E-state index is 13.7. The normalized spacial score (nSPS) is 12.1. The van der Waals surface area contributed by atoms with E-state index in [1.807, 2.05) is 20.8 Å². The van der Waals surface area contributed by atoms with Gasteiger partial charge in [-0.25, -0.2) is 4.83 Å². The predicted octanol–water partition coefficient (Wildman–Crippen LogP) is 5.26. The van der Waals surface area contributed by atoms with Crippen LogP contribution in [-0.2, 0) is 38.6 Å². The summed E-state index contributed by atoms with van der Waals surface area (Å²) in [7, 11) is -2.65. The fourth-order valence-electron chi connectivity index (χ4n) is 4.12. The summed E-state index contributed by atoms with van der Waals surface area (Å²) >= 11 is 0. The van der Waals surface area contributed by atoms with Gasteiger partial charge in [-0.1, -0.05) is 23.8 Å². The number of benzene rings is 2. The molecule has 1 amide bonds. The first-order chi connectivity index (χ1) is 19.2. The van der Waals surface area contributed by atoms with Crippen LogP contribution in [0.2, 0.25) is 0 Å². The van der Waals surface area contributed by atoms with Crippen LogP contribution in [0.15, 0.2) is 64.6 Å². The molecule has 0 unspecified atom stereocenters. The van der Waals surface area contributed by atoms with Crippen LogP contribution in [0.1, 0.15) is 59.2 Å². The second kappa shape index (κ2) is 13.0. The fourth-order valence-corrected chi connectivity index (χ4v) is 4.93. The lowest BCUT2D eigenvalue weighted by atomic mass is 10.1. The molecule has 1 heterocycles. The van der Waals surface area contributed by atoms with E-state index in [9.17, 15) is 31.2 Å². The van der Waals surface area contributed by atoms with Crippen molar-refractivity contribution in [3.05, 3.63) is 82.7 Å². The largest absolute Gasteiger partial charge is 0.469 e. The Balaban J connectivity index is 1.75. The number of hydrogen-bond acceptors (Lipinski definition) is 6. The van der Waals surface area contributed by atoms with E-state index in [2.05, 4.69) is 20.0 Å². The molecular weight excluding hydrogens is 561 g/mol. The molecule has 0 fully saturated rings. The van der Waals surface area contributed by atoms with Gasteiger partial charge in [-0.05, 0) is 75.6 Å². The minimum absolute atomic E-state index is 0.0779. The number of hydrogen-bond donors (Lipinski definition) is 2. The van der Waals surface area contributed by atoms with E-state index in [4.69, 9.17) is 0 Å². The first-order valence-corrected chi connectivity index (χ1v) is 14.1. The van der Waals surface area contributed by atoms with Gasteiger partial charge in [0.05, 0.1) is 29.7 Å². The van der Waals surface area contributed by atoms with E-state index in [0.717, 1.165) is 23.8 Å². The molecule has 0 aliphatic heterocycles. The van der Waals surface area contributed by atoms with Gasteiger partial charge in [0.15, 0.2) is 0 Å². The van der Waals surface area contributed by atoms with Crippen LogP contribution < -0.4 is 10.1 Å². The van der Waals surface area contributed by atoms with Crippen LogP contribution in [0, 0.1) is 6.92 Å². The number of sulfonamides is 1. The predicted molar refractivity (Wildman–Crippen MR) is 148 cm³/mol. The summed E-state index contributed by atoms with van der Waals surface area (Å²) in [6, 6.07) is 12.3. The zero-order valence-electron chi connectivity index (χ0n) is 22.9. The molecule has 3 aromatic rings. The zero-order chi connectivity index (χ0) is 30.4. The minimum atomic E-state index is -4.74. The Morgan fingerprint density at radius 2 is 1.76 bits per heavy atom. The lowest BCUT2D eigenvalue weighted by Crippen LogP contribution is -2.22. The van der Waals surface area contributed by atoms with Gasteiger partial charge in [0, 0.05) is 18.0 Å². The van der Waals surface area contributed by atoms with Crippen LogP contribution >= 0.6 is 0 Å². The number of aryl methyl sites for hydroxylation is 2. The number of rotatable bonds is 11. The lowest BCUT2D eigenvalue weighted by Gasteiger charge is -2.19. The molecule has 41 heavy (non-hydrogen) atoms. The molecule has 13 heteroatoms. The highest BCUT2D eigenvalue weighted by atomic mass is 32.2. The van der Waals surface area contributed by atoms with Crippen LogP contribution in [0.4, 0.5) is 18.9 Å². The van der Waals surface area contributed by atoms with E-state index in [1.165, 1.54) is 31.5 Å². The molecule has 0 saturated heterocycles. The second-order valence-electron chi connectivity index (χ2n) is 9.52. The summed E-state index contributed by atoms with van der Waals surface area (Å²) < 4.78 is 72.0. The molecule has 1 aromatic heterocycles. The van der Waals surface area contributed by atoms with Crippen molar-refractivity contribution >= 4 is 33.8 Å². The van der Waals surface area contributed by atoms with Gasteiger partial charge in [0.25, 0.3) is 15.9 Å². The molecule has 0 aliphatic carbocycles. The Labute approximate surface area is 236 Å². The molecule has 0 aliphatic rings. The van der Waals surface area contributed by atoms with Crippen molar-refractivity contribution in [2.75, 3.05) is 12.4 Å². The van der Waals surface area contributed by atoms with Crippen molar-refractivity contribution in [1.82, 2.24) is 9.40 Å². The van der Waals surface area contributed by atoms with Gasteiger partial charge in [0.1, 0.15) is 5.69 Å². The van der Waals surface area contributed by atoms with Crippen LogP contribution in [0.3, 0.4) is 0 Å². The number of carbonyl (C=O) groups excluding carboxylic acids is 2. The Morgan fingerprint density at radius 3 is 2.37 bits per heavy atom. The number of methoxy groups -OCH3 is 1. The van der Waals surface area contributed by atoms with Crippen molar-refractivity contribution in [3.8, 4) is 0 Å². The molecule has 0 saturated carbocycles. The molecule has 3 rings (SSSR count). The maximum Gasteiger partial charge on any atom is 0.418 e. The Hall–Kier alpha value is -4.13. The number of carbonyl (C=O) groups is 2. The molecule has 9 nitrogen and oxygen atoms in total. The quantitative estimate of drug-likeness (QED) is 0.179. The standard InChI is InChI=1S/C28H31F3N4O5S/c1-18(2)35-21(6-5-15-32-34-41(38,39)22-11-7-19(3)8-12-22)10-14-25(35)27(37)33-24-16-20(17-26(36)40-4)9-13-23(24)28(29,30)31/h7-16,18,34H,5-6,17H2,1-4H3,(H,33,37)/b32-15+. The molecule has 0 bridgehead atoms. The monoisotopic (exact) mass is 592 g/mol. The first kappa shape index (κ1) is 31.4. The highest BCUT2D eigenvalue weighted by Gasteiger charge is 2.34. The van der Waals surface area contributed by atoms with Crippen LogP contribution in [0.25, 0.3) is 0 Å². The molecule has 220 valence electrons. The SMILES string of the molecule is COC(=O)Cc1ccc(C(F)(F)F)c(NC(=O)c2ccc(CC/C=N/NS(=O)(=O)c3ccc(C)cc3)n2C(C)C)c1. The number of hydrazone groups is 1. The third kappa shape index (κ3) is 8.19. The molecule has 0 radical (unpaired) electrons. The van der Waals surface area contributed by atoms with Crippen molar-refractivity contribution in [1.29, 1.82) is 0 Å². The number of anilines is 1. The third-order valence-electron chi connectivity index (χ3n) is 6.09. The van der Waals surface area contributed by atoms with Crippen molar-refractivity contribution in [2.45, 2.75) is 57.1 Å². The van der Waals surface area contributed by atoms with Crippen LogP contribution in [0.5, 0.6) is 0 Å². The van der Waals surface area contributed by atoms with E-state index in [0.29, 0.717) is 18.5 Å². The number of esters is 1. The summed E-state index contributed by atoms with van der Waals surface area (Å²) in [5.74, 6) is -1.39. The summed E-state index contributed by atoms with van der Waals surface area (Å²) in [6.45, 7) is 5.49. The molecule has 0 spiro atoms. The fraction of sp³-hybridized carbons (Fsp3) is 0.321. The Bertz CT molecular complexity index is 1530. The third-order valence-corrected chi connectivity index (χ3v) is 7.33. The van der Waals surface area contributed by atoms with Crippen molar-refractivity contribution < 1.29 is 35.9 Å². The first-order valence-electron chi connectivity index (χ1n) is 12.6. The number of nitrogens with one attached hydrogen (secondary N) is 2. The van der Waals surface area contributed by atoms with Gasteiger partial charge < -0.3 is 14.6 Å². The van der Waals surface area contributed by atoms with Gasteiger partial charge in [-0.15, -0.1) is 0 Å². The second-order valence-corrected chi connectivity index (χ2v) is 11.2. The summed E-state index contributed by atoms with van der Waals surface area (Å²) in [5, 5.41) is 6.16. The van der Waals surface area contributed by atoms with Crippen molar-refractivity contribution in [3.63, 3.8) is 0 Å². The molecule has 0 atom stereocenters. The average Bonchev–Trinajstić information content (AvgIpc) is 3.32. The van der Waals surface area contributed by atoms with E-state index in [-0.39, 0.29) is 28.6 Å². The zero-order valence-corrected chi connectivity index (χ0v) is 23.8. The van der Waals surface area contributed by atoms with Gasteiger partial charge >= 0.3 is 12.1 Å². The van der Waals surface area contributed by atoms with Gasteiger partial charge in [-0.2, -0.15) is 26.7 Å². The maximum absolute atomic E-state index is 13.7. The lowest BCUT2D eigenvalue weighted by molar-refractivity contribution is -0.139. The minimum Gasteiger partial charge on any atom is -0.469 e. The van der Waals surface area contributed by atoms with Gasteiger partial charge in [-0.3, -0.25) is 9.59 Å². The van der Waals surface area contributed by atoms with E-state index < -0.39 is 39.3 Å². The van der Waals surface area contributed by atoms with Crippen molar-refractivity contribution in [2.24, 2.45) is 5.10 Å². The summed E-state index contributed by atoms with van der Waals surface area (Å²) in [5.41, 5.74) is 0.479. The Morgan fingerprint density at radius 1 is 1.07 bits per heavy atom. The number of nitrogens with zero attached hydrogens (tertiary/aromatic N) is 2. The molecule has 2 N–H and O–H groups in total. The average molecular weight is 593 g/mol. The molecule has 2 aromatic carbocycles. The number of amides is 1. The summed E-state index contributed by atoms with van der Waals surface area (Å²) in [6.07, 6.45) is -2.90. The number of aromatic nitrogens is 1. The highest BCUT2D eigenvalue weighted by Crippen LogP contribution is 2.36. The Kier molecular flexibility index (Phi) is 9.97. The topological polar surface area (TPSA) is 119 Å². The van der Waals surface area contributed by atoms with E-state index >= 15 is 0 Å². The highest BCUT2D eigenvalue weighted by molar-refractivity contribution is 7.89. The smallest absolute Gasteiger partial charge is 0.418 e.